The summed E-state index contributed by atoms with van der Waals surface area (Å²) in [5.41, 5.74) is 3.38. The molecule has 0 radical (unpaired) electrons. The number of nitrogens with one attached hydrogen (secondary N) is 1. The molecule has 6 nitrogen and oxygen atoms in total. The fraction of sp³-hybridized carbons (Fsp3) is 0.357. The third kappa shape index (κ3) is 3.25. The Labute approximate surface area is 125 Å². The topological polar surface area (TPSA) is 90.0 Å². The minimum atomic E-state index is -3.72. The van der Waals surface area contributed by atoms with Crippen molar-refractivity contribution in [1.82, 2.24) is 9.78 Å². The van der Waals surface area contributed by atoms with E-state index in [1.54, 1.807) is 17.7 Å². The largest absolute Gasteiger partial charge is 0.378 e. The zero-order chi connectivity index (χ0) is 15.8. The van der Waals surface area contributed by atoms with Crippen LogP contribution in [0, 0.1) is 13.8 Å². The van der Waals surface area contributed by atoms with Crippen LogP contribution < -0.4 is 10.5 Å². The number of hydrogen-bond donors (Lipinski definition) is 2. The normalized spacial score (nSPS) is 13.2. The third-order valence-electron chi connectivity index (χ3n) is 3.48. The quantitative estimate of drug-likeness (QED) is 0.902. The van der Waals surface area contributed by atoms with E-state index in [4.69, 9.17) is 5.14 Å². The van der Waals surface area contributed by atoms with Crippen LogP contribution in [0.25, 0.3) is 0 Å². The third-order valence-corrected chi connectivity index (χ3v) is 4.54. The van der Waals surface area contributed by atoms with Crippen LogP contribution in [-0.2, 0) is 17.1 Å². The number of nitrogens with zero attached hydrogens (tertiary/aromatic N) is 2. The molecule has 21 heavy (non-hydrogen) atoms. The highest BCUT2D eigenvalue weighted by Crippen LogP contribution is 2.27. The van der Waals surface area contributed by atoms with E-state index < -0.39 is 10.0 Å². The van der Waals surface area contributed by atoms with Gasteiger partial charge in [0.1, 0.15) is 0 Å². The van der Waals surface area contributed by atoms with Gasteiger partial charge in [0.05, 0.1) is 16.6 Å². The van der Waals surface area contributed by atoms with E-state index in [-0.39, 0.29) is 10.9 Å². The van der Waals surface area contributed by atoms with Crippen LogP contribution in [0.15, 0.2) is 29.3 Å². The average molecular weight is 308 g/mol. The molecule has 0 amide bonds. The van der Waals surface area contributed by atoms with Crippen molar-refractivity contribution in [1.29, 1.82) is 0 Å². The van der Waals surface area contributed by atoms with Crippen LogP contribution >= 0.6 is 0 Å². The molecule has 1 heterocycles. The van der Waals surface area contributed by atoms with Gasteiger partial charge in [-0.15, -0.1) is 0 Å². The Morgan fingerprint density at radius 3 is 2.52 bits per heavy atom. The first-order chi connectivity index (χ1) is 9.70. The Bertz CT molecular complexity index is 765. The molecule has 0 aliphatic carbocycles. The van der Waals surface area contributed by atoms with Crippen LogP contribution in [0.3, 0.4) is 0 Å². The molecule has 0 bridgehead atoms. The van der Waals surface area contributed by atoms with Gasteiger partial charge in [0.2, 0.25) is 10.0 Å². The molecular weight excluding hydrogens is 288 g/mol. The maximum atomic E-state index is 11.6. The van der Waals surface area contributed by atoms with Gasteiger partial charge in [-0.3, -0.25) is 4.68 Å². The molecule has 114 valence electrons. The Balaban J connectivity index is 2.34. The Morgan fingerprint density at radius 2 is 2.00 bits per heavy atom. The molecule has 7 heteroatoms. The van der Waals surface area contributed by atoms with Gasteiger partial charge in [0, 0.05) is 24.5 Å². The van der Waals surface area contributed by atoms with Gasteiger partial charge in [-0.2, -0.15) is 5.10 Å². The Morgan fingerprint density at radius 1 is 1.33 bits per heavy atom. The van der Waals surface area contributed by atoms with E-state index in [0.717, 1.165) is 16.9 Å². The summed E-state index contributed by atoms with van der Waals surface area (Å²) in [6, 6.07) is 5.04. The summed E-state index contributed by atoms with van der Waals surface area (Å²) in [6.45, 7) is 5.69. The van der Waals surface area contributed by atoms with Crippen molar-refractivity contribution < 1.29 is 8.42 Å². The number of aryl methyl sites for hydroxylation is 2. The molecule has 3 N–H and O–H groups in total. The summed E-state index contributed by atoms with van der Waals surface area (Å²) in [6.07, 6.45) is 1.95. The smallest absolute Gasteiger partial charge is 0.238 e. The second kappa shape index (κ2) is 5.50. The number of sulfonamides is 1. The second-order valence-corrected chi connectivity index (χ2v) is 6.71. The van der Waals surface area contributed by atoms with Crippen molar-refractivity contribution in [3.63, 3.8) is 0 Å². The highest BCUT2D eigenvalue weighted by atomic mass is 32.2. The SMILES string of the molecule is Cc1nn(C)cc1C(C)Nc1cccc(S(N)(=O)=O)c1C. The second-order valence-electron chi connectivity index (χ2n) is 5.18. The van der Waals surface area contributed by atoms with Crippen molar-refractivity contribution in [3.05, 3.63) is 41.2 Å². The van der Waals surface area contributed by atoms with Crippen molar-refractivity contribution in [2.75, 3.05) is 5.32 Å². The summed E-state index contributed by atoms with van der Waals surface area (Å²) in [4.78, 5) is 0.141. The van der Waals surface area contributed by atoms with Crippen molar-refractivity contribution >= 4 is 15.7 Å². The monoisotopic (exact) mass is 308 g/mol. The number of rotatable bonds is 4. The summed E-state index contributed by atoms with van der Waals surface area (Å²) in [5.74, 6) is 0. The predicted octanol–water partition coefficient (Wildman–Crippen LogP) is 1.86. The van der Waals surface area contributed by atoms with E-state index in [1.807, 2.05) is 33.2 Å². The zero-order valence-corrected chi connectivity index (χ0v) is 13.4. The van der Waals surface area contributed by atoms with E-state index >= 15 is 0 Å². The van der Waals surface area contributed by atoms with E-state index in [9.17, 15) is 8.42 Å². The van der Waals surface area contributed by atoms with Crippen molar-refractivity contribution in [2.24, 2.45) is 12.2 Å². The first kappa shape index (κ1) is 15.5. The van der Waals surface area contributed by atoms with E-state index in [2.05, 4.69) is 10.4 Å². The molecule has 1 aromatic heterocycles. The Kier molecular flexibility index (Phi) is 4.06. The van der Waals surface area contributed by atoms with Gasteiger partial charge < -0.3 is 5.32 Å². The fourth-order valence-corrected chi connectivity index (χ4v) is 3.24. The number of anilines is 1. The van der Waals surface area contributed by atoms with Crippen LogP contribution in [0.1, 0.15) is 29.8 Å². The van der Waals surface area contributed by atoms with E-state index in [1.165, 1.54) is 6.07 Å². The van der Waals surface area contributed by atoms with E-state index in [0.29, 0.717) is 5.56 Å². The maximum absolute atomic E-state index is 11.6. The van der Waals surface area contributed by atoms with Gasteiger partial charge in [0.25, 0.3) is 0 Å². The molecule has 2 aromatic rings. The molecule has 0 saturated carbocycles. The number of benzene rings is 1. The summed E-state index contributed by atoms with van der Waals surface area (Å²) < 4.78 is 24.9. The molecular formula is C14H20N4O2S. The van der Waals surface area contributed by atoms with Gasteiger partial charge in [-0.25, -0.2) is 13.6 Å². The zero-order valence-electron chi connectivity index (χ0n) is 12.6. The van der Waals surface area contributed by atoms with Crippen LogP contribution in [-0.4, -0.2) is 18.2 Å². The number of hydrogen-bond acceptors (Lipinski definition) is 4. The maximum Gasteiger partial charge on any atom is 0.238 e. The number of aromatic nitrogens is 2. The number of primary sulfonamides is 1. The molecule has 0 fully saturated rings. The highest BCUT2D eigenvalue weighted by Gasteiger charge is 2.16. The van der Waals surface area contributed by atoms with Gasteiger partial charge in [-0.1, -0.05) is 6.07 Å². The Hall–Kier alpha value is -1.86. The van der Waals surface area contributed by atoms with Gasteiger partial charge in [0.15, 0.2) is 0 Å². The van der Waals surface area contributed by atoms with Crippen LogP contribution in [0.2, 0.25) is 0 Å². The molecule has 1 aromatic carbocycles. The molecule has 0 aliphatic heterocycles. The first-order valence-corrected chi connectivity index (χ1v) is 8.14. The molecule has 0 aliphatic rings. The van der Waals surface area contributed by atoms with Gasteiger partial charge in [-0.05, 0) is 38.5 Å². The summed E-state index contributed by atoms with van der Waals surface area (Å²) in [7, 11) is -1.85. The lowest BCUT2D eigenvalue weighted by atomic mass is 10.1. The molecule has 0 saturated heterocycles. The van der Waals surface area contributed by atoms with Crippen molar-refractivity contribution in [3.8, 4) is 0 Å². The predicted molar refractivity (Wildman–Crippen MR) is 82.5 cm³/mol. The first-order valence-electron chi connectivity index (χ1n) is 6.59. The molecule has 2 rings (SSSR count). The van der Waals surface area contributed by atoms with Crippen LogP contribution in [0.5, 0.6) is 0 Å². The minimum absolute atomic E-state index is 0.00753. The summed E-state index contributed by atoms with van der Waals surface area (Å²) >= 11 is 0. The van der Waals surface area contributed by atoms with Crippen LogP contribution in [0.4, 0.5) is 5.69 Å². The summed E-state index contributed by atoms with van der Waals surface area (Å²) in [5, 5.41) is 12.9. The fourth-order valence-electron chi connectivity index (χ4n) is 2.43. The average Bonchev–Trinajstić information content (AvgIpc) is 2.69. The standard InChI is InChI=1S/C14H20N4O2S/c1-9-13(6-5-7-14(9)21(15,19)20)16-10(2)12-8-18(4)17-11(12)3/h5-8,10,16H,1-4H3,(H2,15,19,20). The molecule has 1 atom stereocenters. The molecule has 0 spiro atoms. The van der Waals surface area contributed by atoms with Crippen molar-refractivity contribution in [2.45, 2.75) is 31.7 Å². The highest BCUT2D eigenvalue weighted by molar-refractivity contribution is 7.89. The number of nitrogens with two attached hydrogens (primary N) is 1. The van der Waals surface area contributed by atoms with Gasteiger partial charge >= 0.3 is 0 Å². The molecule has 1 unspecified atom stereocenters. The minimum Gasteiger partial charge on any atom is -0.378 e. The lowest BCUT2D eigenvalue weighted by Gasteiger charge is -2.18. The lowest BCUT2D eigenvalue weighted by molar-refractivity contribution is 0.597. The lowest BCUT2D eigenvalue weighted by Crippen LogP contribution is -2.15.